The van der Waals surface area contributed by atoms with Crippen LogP contribution in [0.2, 0.25) is 0 Å². The molecule has 0 saturated carbocycles. The minimum Gasteiger partial charge on any atom is -0.352 e. The van der Waals surface area contributed by atoms with Crippen LogP contribution in [0.3, 0.4) is 0 Å². The van der Waals surface area contributed by atoms with E-state index in [2.05, 4.69) is 30.2 Å². The van der Waals surface area contributed by atoms with Crippen molar-refractivity contribution in [1.82, 2.24) is 20.4 Å². The molecule has 1 aliphatic rings. The van der Waals surface area contributed by atoms with Crippen LogP contribution < -0.4 is 9.80 Å². The number of piperazine rings is 1. The van der Waals surface area contributed by atoms with Crippen LogP contribution in [0, 0.1) is 5.82 Å². The lowest BCUT2D eigenvalue weighted by atomic mass is 10.1. The molecule has 5 rings (SSSR count). The molecule has 3 heterocycles. The molecule has 0 radical (unpaired) electrons. The Kier molecular flexibility index (Phi) is 5.22. The Balaban J connectivity index is 1.22. The molecule has 0 aliphatic carbocycles. The second-order valence-corrected chi connectivity index (χ2v) is 7.40. The van der Waals surface area contributed by atoms with E-state index in [0.29, 0.717) is 0 Å². The fraction of sp³-hybridized carbons (Fsp3) is 0.167. The first kappa shape index (κ1) is 19.1. The summed E-state index contributed by atoms with van der Waals surface area (Å²) >= 11 is 0. The van der Waals surface area contributed by atoms with Crippen LogP contribution in [0.5, 0.6) is 0 Å². The summed E-state index contributed by atoms with van der Waals surface area (Å²) < 4.78 is 13.1. The van der Waals surface area contributed by atoms with Crippen molar-refractivity contribution in [3.05, 3.63) is 84.7 Å². The highest BCUT2D eigenvalue weighted by Gasteiger charge is 2.20. The average Bonchev–Trinajstić information content (AvgIpc) is 2.85. The third kappa shape index (κ3) is 4.21. The maximum absolute atomic E-state index is 13.1. The lowest BCUT2D eigenvalue weighted by Crippen LogP contribution is -2.47. The van der Waals surface area contributed by atoms with Gasteiger partial charge in [-0.05, 0) is 48.5 Å². The fourth-order valence-corrected chi connectivity index (χ4v) is 3.69. The SMILES string of the molecule is Fc1ccc(-c2ccc(N3CCN(c4ccc(-c5ccccc5)nn4)CC3)nn2)cc1. The van der Waals surface area contributed by atoms with Crippen LogP contribution in [-0.2, 0) is 0 Å². The number of halogens is 1. The van der Waals surface area contributed by atoms with Crippen LogP contribution in [0.4, 0.5) is 16.0 Å². The van der Waals surface area contributed by atoms with E-state index in [-0.39, 0.29) is 5.82 Å². The topological polar surface area (TPSA) is 58.0 Å². The number of anilines is 2. The smallest absolute Gasteiger partial charge is 0.151 e. The first-order valence-corrected chi connectivity index (χ1v) is 10.2. The average molecular weight is 412 g/mol. The van der Waals surface area contributed by atoms with Gasteiger partial charge in [-0.15, -0.1) is 20.4 Å². The lowest BCUT2D eigenvalue weighted by molar-refractivity contribution is 0.628. The molecule has 2 aromatic heterocycles. The second-order valence-electron chi connectivity index (χ2n) is 7.40. The van der Waals surface area contributed by atoms with Crippen molar-refractivity contribution >= 4 is 11.6 Å². The van der Waals surface area contributed by atoms with Gasteiger partial charge in [-0.1, -0.05) is 30.3 Å². The number of nitrogens with zero attached hydrogens (tertiary/aromatic N) is 6. The van der Waals surface area contributed by atoms with E-state index in [4.69, 9.17) is 0 Å². The fourth-order valence-electron chi connectivity index (χ4n) is 3.69. The maximum atomic E-state index is 13.1. The van der Waals surface area contributed by atoms with Gasteiger partial charge in [0.2, 0.25) is 0 Å². The number of rotatable bonds is 4. The van der Waals surface area contributed by atoms with Gasteiger partial charge < -0.3 is 9.80 Å². The van der Waals surface area contributed by atoms with E-state index >= 15 is 0 Å². The highest BCUT2D eigenvalue weighted by molar-refractivity contribution is 5.61. The van der Waals surface area contributed by atoms with Crippen LogP contribution >= 0.6 is 0 Å². The molecule has 0 bridgehead atoms. The van der Waals surface area contributed by atoms with E-state index in [1.165, 1.54) is 12.1 Å². The van der Waals surface area contributed by atoms with Gasteiger partial charge in [0.05, 0.1) is 11.4 Å². The van der Waals surface area contributed by atoms with E-state index in [0.717, 1.165) is 60.3 Å². The Morgan fingerprint density at radius 1 is 0.516 bits per heavy atom. The molecule has 1 saturated heterocycles. The highest BCUT2D eigenvalue weighted by atomic mass is 19.1. The standard InChI is InChI=1S/C24H21FN6/c25-20-8-6-19(7-9-20)22-11-13-24(29-27-22)31-16-14-30(15-17-31)23-12-10-21(26-28-23)18-4-2-1-3-5-18/h1-13H,14-17H2. The molecule has 1 fully saturated rings. The summed E-state index contributed by atoms with van der Waals surface area (Å²) in [6, 6.07) is 24.3. The van der Waals surface area contributed by atoms with Crippen molar-refractivity contribution in [3.63, 3.8) is 0 Å². The molecule has 0 spiro atoms. The number of hydrogen-bond donors (Lipinski definition) is 0. The normalized spacial score (nSPS) is 14.0. The zero-order valence-electron chi connectivity index (χ0n) is 16.9. The molecular weight excluding hydrogens is 391 g/mol. The number of hydrogen-bond acceptors (Lipinski definition) is 6. The molecule has 4 aromatic rings. The summed E-state index contributed by atoms with van der Waals surface area (Å²) in [5.41, 5.74) is 3.52. The molecule has 0 atom stereocenters. The van der Waals surface area contributed by atoms with Crippen LogP contribution in [0.25, 0.3) is 22.5 Å². The molecule has 0 N–H and O–H groups in total. The maximum Gasteiger partial charge on any atom is 0.151 e. The lowest BCUT2D eigenvalue weighted by Gasteiger charge is -2.35. The Labute approximate surface area is 180 Å². The molecule has 2 aromatic carbocycles. The zero-order chi connectivity index (χ0) is 21.0. The highest BCUT2D eigenvalue weighted by Crippen LogP contribution is 2.22. The Hall–Kier alpha value is -3.87. The largest absolute Gasteiger partial charge is 0.352 e. The molecule has 0 unspecified atom stereocenters. The summed E-state index contributed by atoms with van der Waals surface area (Å²) in [5.74, 6) is 1.47. The van der Waals surface area contributed by atoms with Gasteiger partial charge in [0.25, 0.3) is 0 Å². The second kappa shape index (κ2) is 8.47. The Morgan fingerprint density at radius 3 is 1.45 bits per heavy atom. The monoisotopic (exact) mass is 412 g/mol. The third-order valence-electron chi connectivity index (χ3n) is 5.44. The molecule has 31 heavy (non-hydrogen) atoms. The third-order valence-corrected chi connectivity index (χ3v) is 5.44. The van der Waals surface area contributed by atoms with Crippen LogP contribution in [0.1, 0.15) is 0 Å². The predicted molar refractivity (Wildman–Crippen MR) is 119 cm³/mol. The minimum absolute atomic E-state index is 0.259. The van der Waals surface area contributed by atoms with E-state index in [1.807, 2.05) is 54.6 Å². The summed E-state index contributed by atoms with van der Waals surface area (Å²) in [6.07, 6.45) is 0. The van der Waals surface area contributed by atoms with Crippen LogP contribution in [-0.4, -0.2) is 46.6 Å². The Bertz CT molecular complexity index is 1120. The van der Waals surface area contributed by atoms with Gasteiger partial charge in [-0.3, -0.25) is 0 Å². The van der Waals surface area contributed by atoms with Gasteiger partial charge in [-0.2, -0.15) is 0 Å². The van der Waals surface area contributed by atoms with E-state index in [9.17, 15) is 4.39 Å². The van der Waals surface area contributed by atoms with Gasteiger partial charge >= 0.3 is 0 Å². The van der Waals surface area contributed by atoms with Crippen molar-refractivity contribution in [2.24, 2.45) is 0 Å². The van der Waals surface area contributed by atoms with Crippen molar-refractivity contribution in [2.75, 3.05) is 36.0 Å². The number of benzene rings is 2. The van der Waals surface area contributed by atoms with Gasteiger partial charge in [0.15, 0.2) is 11.6 Å². The van der Waals surface area contributed by atoms with Gasteiger partial charge in [0, 0.05) is 37.3 Å². The summed E-state index contributed by atoms with van der Waals surface area (Å²) in [6.45, 7) is 3.32. The van der Waals surface area contributed by atoms with Crippen LogP contribution in [0.15, 0.2) is 78.9 Å². The first-order valence-electron chi connectivity index (χ1n) is 10.2. The van der Waals surface area contributed by atoms with Crippen molar-refractivity contribution in [3.8, 4) is 22.5 Å². The van der Waals surface area contributed by atoms with Gasteiger partial charge in [0.1, 0.15) is 5.82 Å². The molecular formula is C24H21FN6. The molecule has 0 amide bonds. The van der Waals surface area contributed by atoms with E-state index in [1.54, 1.807) is 12.1 Å². The number of aromatic nitrogens is 4. The van der Waals surface area contributed by atoms with E-state index < -0.39 is 0 Å². The Morgan fingerprint density at radius 2 is 1.00 bits per heavy atom. The molecule has 6 nitrogen and oxygen atoms in total. The molecule has 1 aliphatic heterocycles. The van der Waals surface area contributed by atoms with Crippen molar-refractivity contribution in [1.29, 1.82) is 0 Å². The minimum atomic E-state index is -0.259. The summed E-state index contributed by atoms with van der Waals surface area (Å²) in [5, 5.41) is 17.5. The zero-order valence-corrected chi connectivity index (χ0v) is 16.9. The molecule has 154 valence electrons. The summed E-state index contributed by atoms with van der Waals surface area (Å²) in [7, 11) is 0. The summed E-state index contributed by atoms with van der Waals surface area (Å²) in [4.78, 5) is 4.45. The van der Waals surface area contributed by atoms with Crippen molar-refractivity contribution < 1.29 is 4.39 Å². The van der Waals surface area contributed by atoms with Crippen molar-refractivity contribution in [2.45, 2.75) is 0 Å². The quantitative estimate of drug-likeness (QED) is 0.504. The predicted octanol–water partition coefficient (Wildman–Crippen LogP) is 4.07. The molecule has 7 heteroatoms. The van der Waals surface area contributed by atoms with Gasteiger partial charge in [-0.25, -0.2) is 4.39 Å². The first-order chi connectivity index (χ1) is 15.3.